The molecule has 1 rings (SSSR count). The highest BCUT2D eigenvalue weighted by atomic mass is 35.5. The Morgan fingerprint density at radius 2 is 2.00 bits per heavy atom. The number of para-hydroxylation sites is 1. The van der Waals surface area contributed by atoms with Gasteiger partial charge in [-0.25, -0.2) is 4.79 Å². The number of nitrogens with one attached hydrogen (secondary N) is 1. The number of halogens is 1. The van der Waals surface area contributed by atoms with Crippen molar-refractivity contribution in [1.82, 2.24) is 5.32 Å². The monoisotopic (exact) mass is 313 g/mol. The second-order valence-corrected chi connectivity index (χ2v) is 6.57. The number of carbonyl (C=O) groups excluding carboxylic acids is 1. The number of benzene rings is 1. The van der Waals surface area contributed by atoms with Crippen molar-refractivity contribution in [3.8, 4) is 5.75 Å². The van der Waals surface area contributed by atoms with E-state index in [1.807, 2.05) is 12.1 Å². The summed E-state index contributed by atoms with van der Waals surface area (Å²) >= 11 is 6.16. The summed E-state index contributed by atoms with van der Waals surface area (Å²) in [7, 11) is 0. The fourth-order valence-electron chi connectivity index (χ4n) is 1.64. The molecule has 1 aromatic carbocycles. The average Bonchev–Trinajstić information content (AvgIpc) is 2.33. The van der Waals surface area contributed by atoms with E-state index in [2.05, 4.69) is 26.1 Å². The third-order valence-corrected chi connectivity index (χ3v) is 2.86. The minimum absolute atomic E-state index is 0.0177. The lowest BCUT2D eigenvalue weighted by molar-refractivity contribution is -0.149. The summed E-state index contributed by atoms with van der Waals surface area (Å²) in [5.74, 6) is 0.122. The Hall–Kier alpha value is -1.26. The zero-order valence-corrected chi connectivity index (χ0v) is 14.1. The van der Waals surface area contributed by atoms with E-state index in [9.17, 15) is 4.79 Å². The van der Waals surface area contributed by atoms with Crippen molar-refractivity contribution in [2.75, 3.05) is 6.61 Å². The fourth-order valence-corrected chi connectivity index (χ4v) is 1.89. The minimum atomic E-state index is -0.403. The van der Waals surface area contributed by atoms with Gasteiger partial charge in [-0.05, 0) is 40.7 Å². The Morgan fingerprint density at radius 3 is 2.57 bits per heavy atom. The average molecular weight is 314 g/mol. The van der Waals surface area contributed by atoms with E-state index in [4.69, 9.17) is 21.1 Å². The predicted octanol–water partition coefficient (Wildman–Crippen LogP) is 3.56. The van der Waals surface area contributed by atoms with Crippen LogP contribution in [-0.2, 0) is 16.1 Å². The van der Waals surface area contributed by atoms with E-state index < -0.39 is 5.97 Å². The molecule has 118 valence electrons. The molecule has 0 spiro atoms. The normalized spacial score (nSPS) is 11.6. The summed E-state index contributed by atoms with van der Waals surface area (Å²) in [6.07, 6.45) is -0.158. The third-order valence-electron chi connectivity index (χ3n) is 2.56. The molecule has 0 saturated heterocycles. The Balaban J connectivity index is 2.74. The summed E-state index contributed by atoms with van der Waals surface area (Å²) in [6, 6.07) is 5.53. The van der Waals surface area contributed by atoms with Crippen molar-refractivity contribution >= 4 is 17.6 Å². The quantitative estimate of drug-likeness (QED) is 0.816. The first-order valence-electron chi connectivity index (χ1n) is 7.04. The van der Waals surface area contributed by atoms with E-state index in [-0.39, 0.29) is 18.2 Å². The molecular weight excluding hydrogens is 290 g/mol. The minimum Gasteiger partial charge on any atom is -0.480 e. The number of carbonyl (C=O) groups is 1. The van der Waals surface area contributed by atoms with Gasteiger partial charge in [0, 0.05) is 17.6 Å². The molecule has 1 aromatic rings. The molecule has 0 radical (unpaired) electrons. The molecule has 21 heavy (non-hydrogen) atoms. The maximum Gasteiger partial charge on any atom is 0.344 e. The summed E-state index contributed by atoms with van der Waals surface area (Å²) in [4.78, 5) is 11.6. The van der Waals surface area contributed by atoms with Crippen LogP contribution in [0.5, 0.6) is 5.75 Å². The van der Waals surface area contributed by atoms with Gasteiger partial charge in [-0.2, -0.15) is 0 Å². The van der Waals surface area contributed by atoms with E-state index in [1.165, 1.54) is 0 Å². The van der Waals surface area contributed by atoms with Crippen LogP contribution in [0.1, 0.15) is 40.2 Å². The molecule has 0 saturated carbocycles. The van der Waals surface area contributed by atoms with Crippen LogP contribution >= 0.6 is 11.6 Å². The first kappa shape index (κ1) is 17.8. The second-order valence-electron chi connectivity index (χ2n) is 6.16. The summed E-state index contributed by atoms with van der Waals surface area (Å²) in [6.45, 7) is 10.3. The molecular formula is C16H24ClNO3. The number of esters is 1. The molecule has 0 bridgehead atoms. The highest BCUT2D eigenvalue weighted by molar-refractivity contribution is 6.32. The van der Waals surface area contributed by atoms with Crippen molar-refractivity contribution in [3.63, 3.8) is 0 Å². The van der Waals surface area contributed by atoms with Gasteiger partial charge in [-0.3, -0.25) is 0 Å². The van der Waals surface area contributed by atoms with Crippen molar-refractivity contribution in [1.29, 1.82) is 0 Å². The molecule has 1 N–H and O–H groups in total. The van der Waals surface area contributed by atoms with Gasteiger partial charge in [0.2, 0.25) is 0 Å². The summed E-state index contributed by atoms with van der Waals surface area (Å²) in [5, 5.41) is 3.86. The van der Waals surface area contributed by atoms with Gasteiger partial charge in [-0.15, -0.1) is 0 Å². The van der Waals surface area contributed by atoms with Gasteiger partial charge < -0.3 is 14.8 Å². The Labute approximate surface area is 131 Å². The van der Waals surface area contributed by atoms with Gasteiger partial charge in [0.1, 0.15) is 5.75 Å². The van der Waals surface area contributed by atoms with Gasteiger partial charge in [0.05, 0.1) is 11.1 Å². The van der Waals surface area contributed by atoms with Gasteiger partial charge >= 0.3 is 5.97 Å². The SMILES string of the molecule is CC(C)OC(=O)COc1c(Cl)cccc1CNC(C)(C)C. The second kappa shape index (κ2) is 7.66. The first-order valence-corrected chi connectivity index (χ1v) is 7.41. The number of ether oxygens (including phenoxy) is 2. The van der Waals surface area contributed by atoms with Crippen molar-refractivity contribution in [2.24, 2.45) is 0 Å². The molecule has 0 fully saturated rings. The number of hydrogen-bond donors (Lipinski definition) is 1. The third kappa shape index (κ3) is 6.82. The smallest absolute Gasteiger partial charge is 0.344 e. The predicted molar refractivity (Wildman–Crippen MR) is 84.8 cm³/mol. The van der Waals surface area contributed by atoms with E-state index >= 15 is 0 Å². The van der Waals surface area contributed by atoms with Crippen LogP contribution in [0.25, 0.3) is 0 Å². The van der Waals surface area contributed by atoms with Crippen LogP contribution < -0.4 is 10.1 Å². The van der Waals surface area contributed by atoms with E-state index in [1.54, 1.807) is 19.9 Å². The largest absolute Gasteiger partial charge is 0.480 e. The Morgan fingerprint density at radius 1 is 1.33 bits per heavy atom. The standard InChI is InChI=1S/C16H24ClNO3/c1-11(2)21-14(19)10-20-15-12(7-6-8-13(15)17)9-18-16(3,4)5/h6-8,11,18H,9-10H2,1-5H3. The van der Waals surface area contributed by atoms with Gasteiger partial charge in [-0.1, -0.05) is 23.7 Å². The molecule has 0 amide bonds. The van der Waals surface area contributed by atoms with Crippen molar-refractivity contribution in [3.05, 3.63) is 28.8 Å². The van der Waals surface area contributed by atoms with Crippen molar-refractivity contribution < 1.29 is 14.3 Å². The maximum absolute atomic E-state index is 11.6. The molecule has 5 heteroatoms. The topological polar surface area (TPSA) is 47.6 Å². The zero-order chi connectivity index (χ0) is 16.0. The number of hydrogen-bond acceptors (Lipinski definition) is 4. The molecule has 0 atom stereocenters. The van der Waals surface area contributed by atoms with Crippen molar-refractivity contribution in [2.45, 2.75) is 52.8 Å². The van der Waals surface area contributed by atoms with Crippen LogP contribution in [0.15, 0.2) is 18.2 Å². The highest BCUT2D eigenvalue weighted by Crippen LogP contribution is 2.29. The summed E-state index contributed by atoms with van der Waals surface area (Å²) in [5.41, 5.74) is 0.894. The first-order chi connectivity index (χ1) is 9.69. The Bertz CT molecular complexity index is 481. The molecule has 0 unspecified atom stereocenters. The molecule has 0 aliphatic carbocycles. The van der Waals surface area contributed by atoms with E-state index in [0.717, 1.165) is 5.56 Å². The van der Waals surface area contributed by atoms with Crippen LogP contribution in [0.2, 0.25) is 5.02 Å². The Kier molecular flexibility index (Phi) is 6.49. The summed E-state index contributed by atoms with van der Waals surface area (Å²) < 4.78 is 10.6. The van der Waals surface area contributed by atoms with Crippen LogP contribution in [0.4, 0.5) is 0 Å². The van der Waals surface area contributed by atoms with Gasteiger partial charge in [0.25, 0.3) is 0 Å². The molecule has 0 aliphatic rings. The molecule has 0 aliphatic heterocycles. The molecule has 4 nitrogen and oxygen atoms in total. The highest BCUT2D eigenvalue weighted by Gasteiger charge is 2.15. The van der Waals surface area contributed by atoms with Crippen LogP contribution in [-0.4, -0.2) is 24.2 Å². The van der Waals surface area contributed by atoms with Crippen LogP contribution in [0.3, 0.4) is 0 Å². The van der Waals surface area contributed by atoms with Gasteiger partial charge in [0.15, 0.2) is 6.61 Å². The maximum atomic E-state index is 11.6. The molecule has 0 aromatic heterocycles. The van der Waals surface area contributed by atoms with Crippen LogP contribution in [0, 0.1) is 0 Å². The lowest BCUT2D eigenvalue weighted by Crippen LogP contribution is -2.35. The van der Waals surface area contributed by atoms with E-state index in [0.29, 0.717) is 17.3 Å². The fraction of sp³-hybridized carbons (Fsp3) is 0.562. The lowest BCUT2D eigenvalue weighted by atomic mass is 10.1. The zero-order valence-electron chi connectivity index (χ0n) is 13.3. The lowest BCUT2D eigenvalue weighted by Gasteiger charge is -2.22. The molecule has 0 heterocycles. The number of rotatable bonds is 6.